The van der Waals surface area contributed by atoms with Crippen LogP contribution in [0.2, 0.25) is 5.02 Å². The molecular formula is C23H29ClN2O5. The average Bonchev–Trinajstić information content (AvgIpc) is 2.78. The van der Waals surface area contributed by atoms with Gasteiger partial charge in [0.25, 0.3) is 5.91 Å². The number of halogens is 1. The monoisotopic (exact) mass is 448 g/mol. The number of carbonyl (C=O) groups excluding carboxylic acids is 2. The summed E-state index contributed by atoms with van der Waals surface area (Å²) in [5.74, 6) is -0.911. The lowest BCUT2D eigenvalue weighted by atomic mass is 9.85. The smallest absolute Gasteiger partial charge is 0.253 e. The first-order valence-corrected chi connectivity index (χ1v) is 10.5. The van der Waals surface area contributed by atoms with Gasteiger partial charge >= 0.3 is 0 Å². The average molecular weight is 449 g/mol. The van der Waals surface area contributed by atoms with Crippen LogP contribution in [-0.4, -0.2) is 59.9 Å². The Balaban J connectivity index is 2.34. The summed E-state index contributed by atoms with van der Waals surface area (Å²) in [5.41, 5.74) is 4.10. The molecule has 0 aliphatic heterocycles. The van der Waals surface area contributed by atoms with Gasteiger partial charge in [0.1, 0.15) is 0 Å². The number of hydrogen-bond acceptors (Lipinski definition) is 5. The Bertz CT molecular complexity index is 842. The van der Waals surface area contributed by atoms with Crippen LogP contribution in [0, 0.1) is 0 Å². The Hall–Kier alpha value is -2.45. The highest BCUT2D eigenvalue weighted by molar-refractivity contribution is 6.30. The molecule has 0 aliphatic carbocycles. The number of hydroxylamine groups is 1. The maximum Gasteiger partial charge on any atom is 0.253 e. The number of nitrogens with one attached hydrogen (secondary N) is 1. The Morgan fingerprint density at radius 2 is 1.77 bits per heavy atom. The maximum atomic E-state index is 12.5. The van der Waals surface area contributed by atoms with Crippen molar-refractivity contribution in [3.8, 4) is 0 Å². The van der Waals surface area contributed by atoms with E-state index in [0.717, 1.165) is 11.1 Å². The number of aliphatic hydroxyl groups is 1. The number of benzene rings is 2. The third kappa shape index (κ3) is 7.33. The van der Waals surface area contributed by atoms with Crippen molar-refractivity contribution >= 4 is 23.4 Å². The zero-order chi connectivity index (χ0) is 22.8. The lowest BCUT2D eigenvalue weighted by Crippen LogP contribution is -2.32. The Morgan fingerprint density at radius 1 is 1.13 bits per heavy atom. The van der Waals surface area contributed by atoms with Crippen LogP contribution in [0.4, 0.5) is 0 Å². The molecule has 0 fully saturated rings. The van der Waals surface area contributed by atoms with Gasteiger partial charge in [0.15, 0.2) is 0 Å². The number of aliphatic hydroxyl groups excluding tert-OH is 1. The Labute approximate surface area is 187 Å². The molecule has 3 N–H and O–H groups in total. The molecule has 0 aromatic heterocycles. The first-order valence-electron chi connectivity index (χ1n) is 10.1. The van der Waals surface area contributed by atoms with Gasteiger partial charge in [-0.05, 0) is 48.7 Å². The summed E-state index contributed by atoms with van der Waals surface area (Å²) < 4.78 is 5.87. The third-order valence-corrected chi connectivity index (χ3v) is 5.33. The fraction of sp³-hybridized carbons (Fsp3) is 0.391. The molecule has 0 spiro atoms. The molecular weight excluding hydrogens is 420 g/mol. The summed E-state index contributed by atoms with van der Waals surface area (Å²) in [4.78, 5) is 25.8. The van der Waals surface area contributed by atoms with Gasteiger partial charge in [-0.2, -0.15) is 0 Å². The fourth-order valence-electron chi connectivity index (χ4n) is 3.44. The van der Waals surface area contributed by atoms with E-state index in [1.807, 2.05) is 43.3 Å². The maximum absolute atomic E-state index is 12.5. The van der Waals surface area contributed by atoms with Gasteiger partial charge < -0.3 is 14.7 Å². The minimum atomic E-state index is -0.531. The van der Waals surface area contributed by atoms with Crippen LogP contribution < -0.4 is 5.48 Å². The second-order valence-corrected chi connectivity index (χ2v) is 7.68. The lowest BCUT2D eigenvalue weighted by molar-refractivity contribution is -0.132. The van der Waals surface area contributed by atoms with Crippen LogP contribution in [0.3, 0.4) is 0 Å². The number of hydrogen-bond donors (Lipinski definition) is 3. The van der Waals surface area contributed by atoms with Crippen LogP contribution in [-0.2, 0) is 16.0 Å². The summed E-state index contributed by atoms with van der Waals surface area (Å²) in [6.07, 6.45) is 0.0901. The van der Waals surface area contributed by atoms with Crippen molar-refractivity contribution in [1.82, 2.24) is 10.4 Å². The van der Waals surface area contributed by atoms with Crippen molar-refractivity contribution < 1.29 is 24.6 Å². The molecule has 2 atom stereocenters. The zero-order valence-electron chi connectivity index (χ0n) is 17.8. The summed E-state index contributed by atoms with van der Waals surface area (Å²) in [6, 6.07) is 14.6. The fourth-order valence-corrected chi connectivity index (χ4v) is 3.57. The molecule has 8 heteroatoms. The molecule has 2 aromatic rings. The predicted octanol–water partition coefficient (Wildman–Crippen LogP) is 3.03. The normalized spacial score (nSPS) is 12.8. The first-order chi connectivity index (χ1) is 14.9. The molecule has 31 heavy (non-hydrogen) atoms. The second-order valence-electron chi connectivity index (χ2n) is 7.24. The molecule has 0 aliphatic rings. The van der Waals surface area contributed by atoms with Crippen LogP contribution in [0.25, 0.3) is 0 Å². The molecule has 0 radical (unpaired) electrons. The highest BCUT2D eigenvalue weighted by Crippen LogP contribution is 2.29. The van der Waals surface area contributed by atoms with Gasteiger partial charge in [0.2, 0.25) is 5.91 Å². The molecule has 2 aromatic carbocycles. The standard InChI is InChI=1S/C23H29ClN2O5/c1-3-31-21(15-22(28)25-30)20(14-16-4-10-19(24)11-5-16)17-6-8-18(9-7-17)23(29)26(2)12-13-27/h4-11,20-21,27,30H,3,12-15H2,1-2H3,(H,25,28)/t20-,21?/m1/s1. The van der Waals surface area contributed by atoms with Crippen molar-refractivity contribution in [1.29, 1.82) is 0 Å². The minimum Gasteiger partial charge on any atom is -0.395 e. The van der Waals surface area contributed by atoms with Gasteiger partial charge in [0, 0.05) is 36.7 Å². The van der Waals surface area contributed by atoms with Gasteiger partial charge in [-0.15, -0.1) is 0 Å². The van der Waals surface area contributed by atoms with E-state index >= 15 is 0 Å². The molecule has 0 bridgehead atoms. The molecule has 0 saturated carbocycles. The number of carbonyl (C=O) groups is 2. The van der Waals surface area contributed by atoms with E-state index in [-0.39, 0.29) is 31.4 Å². The molecule has 0 saturated heterocycles. The van der Waals surface area contributed by atoms with E-state index < -0.39 is 12.0 Å². The predicted molar refractivity (Wildman–Crippen MR) is 118 cm³/mol. The van der Waals surface area contributed by atoms with Crippen molar-refractivity contribution in [3.05, 3.63) is 70.2 Å². The Kier molecular flexibility index (Phi) is 9.94. The van der Waals surface area contributed by atoms with E-state index in [1.165, 1.54) is 4.90 Å². The summed E-state index contributed by atoms with van der Waals surface area (Å²) >= 11 is 6.00. The number of rotatable bonds is 11. The van der Waals surface area contributed by atoms with Crippen molar-refractivity contribution in [2.45, 2.75) is 31.8 Å². The van der Waals surface area contributed by atoms with Crippen LogP contribution in [0.15, 0.2) is 48.5 Å². The number of amides is 2. The van der Waals surface area contributed by atoms with E-state index in [9.17, 15) is 9.59 Å². The van der Waals surface area contributed by atoms with Crippen molar-refractivity contribution in [2.75, 3.05) is 26.8 Å². The minimum absolute atomic E-state index is 0.0114. The molecule has 168 valence electrons. The number of ether oxygens (including phenoxy) is 1. The van der Waals surface area contributed by atoms with Gasteiger partial charge in [-0.3, -0.25) is 14.8 Å². The van der Waals surface area contributed by atoms with Crippen LogP contribution in [0.1, 0.15) is 40.7 Å². The highest BCUT2D eigenvalue weighted by atomic mass is 35.5. The first kappa shape index (κ1) is 24.8. The van der Waals surface area contributed by atoms with E-state index in [2.05, 4.69) is 0 Å². The third-order valence-electron chi connectivity index (χ3n) is 5.08. The molecule has 0 heterocycles. The molecule has 7 nitrogen and oxygen atoms in total. The van der Waals surface area contributed by atoms with Gasteiger partial charge in [0.05, 0.1) is 19.1 Å². The summed E-state index contributed by atoms with van der Waals surface area (Å²) in [6.45, 7) is 2.40. The van der Waals surface area contributed by atoms with Gasteiger partial charge in [-0.25, -0.2) is 5.48 Å². The van der Waals surface area contributed by atoms with E-state index in [4.69, 9.17) is 26.7 Å². The van der Waals surface area contributed by atoms with Crippen molar-refractivity contribution in [2.24, 2.45) is 0 Å². The summed E-state index contributed by atoms with van der Waals surface area (Å²) in [7, 11) is 1.63. The van der Waals surface area contributed by atoms with Crippen molar-refractivity contribution in [3.63, 3.8) is 0 Å². The number of nitrogens with zero attached hydrogens (tertiary/aromatic N) is 1. The lowest BCUT2D eigenvalue weighted by Gasteiger charge is -2.27. The largest absolute Gasteiger partial charge is 0.395 e. The van der Waals surface area contributed by atoms with E-state index in [1.54, 1.807) is 24.7 Å². The van der Waals surface area contributed by atoms with Crippen LogP contribution >= 0.6 is 11.6 Å². The highest BCUT2D eigenvalue weighted by Gasteiger charge is 2.27. The SMILES string of the molecule is CCOC(CC(=O)NO)[C@H](Cc1ccc(Cl)cc1)c1ccc(C(=O)N(C)CCO)cc1. The number of likely N-dealkylation sites (N-methyl/N-ethyl adjacent to an activating group) is 1. The second kappa shape index (κ2) is 12.4. The molecule has 2 amide bonds. The van der Waals surface area contributed by atoms with Crippen LogP contribution in [0.5, 0.6) is 0 Å². The quantitative estimate of drug-likeness (QED) is 0.362. The van der Waals surface area contributed by atoms with E-state index in [0.29, 0.717) is 23.6 Å². The Morgan fingerprint density at radius 3 is 2.32 bits per heavy atom. The molecule has 1 unspecified atom stereocenters. The van der Waals surface area contributed by atoms with Gasteiger partial charge in [-0.1, -0.05) is 35.9 Å². The summed E-state index contributed by atoms with van der Waals surface area (Å²) in [5, 5.41) is 18.7. The zero-order valence-corrected chi connectivity index (χ0v) is 18.5. The molecule has 2 rings (SSSR count). The topological polar surface area (TPSA) is 99.1 Å².